The van der Waals surface area contributed by atoms with Gasteiger partial charge in [0.15, 0.2) is 0 Å². The molecule has 3 rings (SSSR count). The van der Waals surface area contributed by atoms with Crippen LogP contribution < -0.4 is 5.32 Å². The number of hydrogen-bond donors (Lipinski definition) is 1. The zero-order valence-electron chi connectivity index (χ0n) is 10.7. The zero-order chi connectivity index (χ0) is 12.4. The van der Waals surface area contributed by atoms with Crippen molar-refractivity contribution in [3.63, 3.8) is 0 Å². The molecule has 0 radical (unpaired) electrons. The van der Waals surface area contributed by atoms with E-state index in [1.54, 1.807) is 0 Å². The number of nitrogens with zero attached hydrogens (tertiary/aromatic N) is 1. The summed E-state index contributed by atoms with van der Waals surface area (Å²) in [6.45, 7) is 2.33. The van der Waals surface area contributed by atoms with Crippen LogP contribution in [0.3, 0.4) is 0 Å². The number of nitrogens with one attached hydrogen (secondary N) is 1. The van der Waals surface area contributed by atoms with Crippen LogP contribution >= 0.6 is 15.9 Å². The quantitative estimate of drug-likeness (QED) is 0.900. The monoisotopic (exact) mass is 308 g/mol. The molecule has 2 nitrogen and oxygen atoms in total. The van der Waals surface area contributed by atoms with E-state index in [2.05, 4.69) is 38.4 Å². The molecule has 1 aliphatic carbocycles. The molecule has 98 valence electrons. The van der Waals surface area contributed by atoms with Crippen LogP contribution in [0.15, 0.2) is 22.8 Å². The fraction of sp³-hybridized carbons (Fsp3) is 0.667. The number of rotatable bonds is 2. The first-order valence-electron chi connectivity index (χ1n) is 7.17. The van der Waals surface area contributed by atoms with Crippen molar-refractivity contribution < 1.29 is 0 Å². The molecule has 0 bridgehead atoms. The van der Waals surface area contributed by atoms with Crippen molar-refractivity contribution in [1.29, 1.82) is 0 Å². The predicted octanol–water partition coefficient (Wildman–Crippen LogP) is 3.73. The van der Waals surface area contributed by atoms with Gasteiger partial charge < -0.3 is 5.32 Å². The van der Waals surface area contributed by atoms with E-state index in [1.165, 1.54) is 44.3 Å². The van der Waals surface area contributed by atoms with Crippen LogP contribution in [0, 0.1) is 11.8 Å². The van der Waals surface area contributed by atoms with Gasteiger partial charge in [0.2, 0.25) is 0 Å². The number of pyridine rings is 1. The molecule has 1 aromatic rings. The SMILES string of the molecule is Brc1ccc(C2CCNCC2C2CCCC2)nc1. The molecule has 18 heavy (non-hydrogen) atoms. The van der Waals surface area contributed by atoms with E-state index in [9.17, 15) is 0 Å². The smallest absolute Gasteiger partial charge is 0.0439 e. The Morgan fingerprint density at radius 2 is 2.00 bits per heavy atom. The molecule has 1 saturated carbocycles. The van der Waals surface area contributed by atoms with E-state index in [1.807, 2.05) is 6.20 Å². The number of hydrogen-bond acceptors (Lipinski definition) is 2. The van der Waals surface area contributed by atoms with Crippen molar-refractivity contribution >= 4 is 15.9 Å². The van der Waals surface area contributed by atoms with Gasteiger partial charge in [0.25, 0.3) is 0 Å². The molecule has 1 aliphatic heterocycles. The van der Waals surface area contributed by atoms with Crippen molar-refractivity contribution in [3.05, 3.63) is 28.5 Å². The maximum atomic E-state index is 4.65. The summed E-state index contributed by atoms with van der Waals surface area (Å²) >= 11 is 3.48. The molecule has 2 fully saturated rings. The molecule has 0 spiro atoms. The first-order valence-corrected chi connectivity index (χ1v) is 7.96. The van der Waals surface area contributed by atoms with Gasteiger partial charge in [0.1, 0.15) is 0 Å². The minimum absolute atomic E-state index is 0.669. The van der Waals surface area contributed by atoms with Gasteiger partial charge in [0, 0.05) is 22.3 Å². The van der Waals surface area contributed by atoms with E-state index in [0.29, 0.717) is 5.92 Å². The Hall–Kier alpha value is -0.410. The van der Waals surface area contributed by atoms with Gasteiger partial charge in [0.05, 0.1) is 0 Å². The topological polar surface area (TPSA) is 24.9 Å². The highest BCUT2D eigenvalue weighted by Gasteiger charge is 2.34. The highest BCUT2D eigenvalue weighted by molar-refractivity contribution is 9.10. The summed E-state index contributed by atoms with van der Waals surface area (Å²) in [4.78, 5) is 4.65. The lowest BCUT2D eigenvalue weighted by Gasteiger charge is -2.36. The normalized spacial score (nSPS) is 29.6. The maximum absolute atomic E-state index is 4.65. The van der Waals surface area contributed by atoms with Gasteiger partial charge in [-0.3, -0.25) is 4.98 Å². The summed E-state index contributed by atoms with van der Waals surface area (Å²) < 4.78 is 1.08. The second-order valence-electron chi connectivity index (χ2n) is 5.71. The van der Waals surface area contributed by atoms with Crippen molar-refractivity contribution in [1.82, 2.24) is 10.3 Å². The molecule has 2 unspecified atom stereocenters. The van der Waals surface area contributed by atoms with Gasteiger partial charge in [-0.05, 0) is 59.4 Å². The van der Waals surface area contributed by atoms with Gasteiger partial charge in [-0.15, -0.1) is 0 Å². The van der Waals surface area contributed by atoms with Crippen LogP contribution in [0.2, 0.25) is 0 Å². The van der Waals surface area contributed by atoms with Crippen molar-refractivity contribution in [2.24, 2.45) is 11.8 Å². The lowest BCUT2D eigenvalue weighted by molar-refractivity contribution is 0.228. The third kappa shape index (κ3) is 2.62. The largest absolute Gasteiger partial charge is 0.316 e. The number of piperidine rings is 1. The standard InChI is InChI=1S/C15H21BrN2/c16-12-5-6-15(18-9-12)13-7-8-17-10-14(13)11-3-1-2-4-11/h5-6,9,11,13-14,17H,1-4,7-8,10H2. The molecule has 0 aromatic carbocycles. The Kier molecular flexibility index (Phi) is 4.00. The summed E-state index contributed by atoms with van der Waals surface area (Å²) in [7, 11) is 0. The average molecular weight is 309 g/mol. The van der Waals surface area contributed by atoms with Crippen LogP contribution in [-0.2, 0) is 0 Å². The van der Waals surface area contributed by atoms with E-state index < -0.39 is 0 Å². The van der Waals surface area contributed by atoms with Gasteiger partial charge in [-0.2, -0.15) is 0 Å². The summed E-state index contributed by atoms with van der Waals surface area (Å²) in [5, 5.41) is 3.59. The van der Waals surface area contributed by atoms with Gasteiger partial charge in [-0.1, -0.05) is 25.7 Å². The first-order chi connectivity index (χ1) is 8.84. The van der Waals surface area contributed by atoms with Crippen LogP contribution in [0.25, 0.3) is 0 Å². The van der Waals surface area contributed by atoms with Crippen LogP contribution in [0.1, 0.15) is 43.7 Å². The Balaban J connectivity index is 1.80. The summed E-state index contributed by atoms with van der Waals surface area (Å²) in [5.41, 5.74) is 1.30. The van der Waals surface area contributed by atoms with Crippen LogP contribution in [0.5, 0.6) is 0 Å². The number of halogens is 1. The van der Waals surface area contributed by atoms with Gasteiger partial charge >= 0.3 is 0 Å². The van der Waals surface area contributed by atoms with Crippen molar-refractivity contribution in [2.45, 2.75) is 38.0 Å². The Morgan fingerprint density at radius 3 is 2.72 bits per heavy atom. The zero-order valence-corrected chi connectivity index (χ0v) is 12.3. The number of aromatic nitrogens is 1. The van der Waals surface area contributed by atoms with E-state index in [4.69, 9.17) is 0 Å². The van der Waals surface area contributed by atoms with E-state index >= 15 is 0 Å². The van der Waals surface area contributed by atoms with Crippen LogP contribution in [-0.4, -0.2) is 18.1 Å². The summed E-state index contributed by atoms with van der Waals surface area (Å²) in [5.74, 6) is 2.39. The van der Waals surface area contributed by atoms with E-state index in [-0.39, 0.29) is 0 Å². The molecule has 1 N–H and O–H groups in total. The fourth-order valence-corrected chi connectivity index (χ4v) is 3.97. The molecular weight excluding hydrogens is 288 g/mol. The molecule has 3 heteroatoms. The molecule has 2 heterocycles. The third-order valence-electron chi connectivity index (χ3n) is 4.66. The van der Waals surface area contributed by atoms with Crippen LogP contribution in [0.4, 0.5) is 0 Å². The minimum atomic E-state index is 0.669. The Morgan fingerprint density at radius 1 is 1.17 bits per heavy atom. The lowest BCUT2D eigenvalue weighted by Crippen LogP contribution is -2.39. The van der Waals surface area contributed by atoms with Gasteiger partial charge in [-0.25, -0.2) is 0 Å². The molecule has 2 atom stereocenters. The highest BCUT2D eigenvalue weighted by atomic mass is 79.9. The van der Waals surface area contributed by atoms with Crippen molar-refractivity contribution in [3.8, 4) is 0 Å². The fourth-order valence-electron chi connectivity index (χ4n) is 3.74. The first kappa shape index (κ1) is 12.6. The highest BCUT2D eigenvalue weighted by Crippen LogP contribution is 2.41. The third-order valence-corrected chi connectivity index (χ3v) is 5.13. The minimum Gasteiger partial charge on any atom is -0.316 e. The van der Waals surface area contributed by atoms with Crippen molar-refractivity contribution in [2.75, 3.05) is 13.1 Å². The molecular formula is C15H21BrN2. The summed E-state index contributed by atoms with van der Waals surface area (Å²) in [6, 6.07) is 4.35. The second-order valence-corrected chi connectivity index (χ2v) is 6.62. The average Bonchev–Trinajstić information content (AvgIpc) is 2.93. The van der Waals surface area contributed by atoms with E-state index in [0.717, 1.165) is 22.9 Å². The lowest BCUT2D eigenvalue weighted by atomic mass is 9.75. The molecule has 0 amide bonds. The summed E-state index contributed by atoms with van der Waals surface area (Å²) in [6.07, 6.45) is 8.92. The molecule has 2 aliphatic rings. The Labute approximate surface area is 118 Å². The molecule has 1 aromatic heterocycles. The maximum Gasteiger partial charge on any atom is 0.0439 e. The second kappa shape index (κ2) is 5.70. The predicted molar refractivity (Wildman–Crippen MR) is 77.6 cm³/mol. The molecule has 1 saturated heterocycles. The Bertz CT molecular complexity index is 384.